The first kappa shape index (κ1) is 14.7. The predicted molar refractivity (Wildman–Crippen MR) is 67.7 cm³/mol. The monoisotopic (exact) mass is 254 g/mol. The molecule has 0 aliphatic heterocycles. The van der Waals surface area contributed by atoms with Crippen LogP contribution in [0, 0.1) is 23.7 Å². The fourth-order valence-electron chi connectivity index (χ4n) is 2.44. The average Bonchev–Trinajstić information content (AvgIpc) is 2.32. The number of carbonyl (C=O) groups excluding carboxylic acids is 2. The zero-order valence-corrected chi connectivity index (χ0v) is 11.5. The van der Waals surface area contributed by atoms with E-state index in [9.17, 15) is 9.59 Å². The summed E-state index contributed by atoms with van der Waals surface area (Å²) in [5.74, 6) is -1.50. The van der Waals surface area contributed by atoms with Crippen molar-refractivity contribution in [3.8, 4) is 0 Å². The van der Waals surface area contributed by atoms with Crippen molar-refractivity contribution >= 4 is 11.9 Å². The summed E-state index contributed by atoms with van der Waals surface area (Å²) in [6, 6.07) is 0. The topological polar surface area (TPSA) is 52.6 Å². The van der Waals surface area contributed by atoms with Crippen LogP contribution in [0.15, 0.2) is 12.2 Å². The van der Waals surface area contributed by atoms with Crippen molar-refractivity contribution in [2.75, 3.05) is 13.2 Å². The molecule has 1 aliphatic carbocycles. The Kier molecular flexibility index (Phi) is 5.38. The minimum atomic E-state index is -0.441. The Morgan fingerprint density at radius 2 is 1.22 bits per heavy atom. The van der Waals surface area contributed by atoms with Crippen LogP contribution in [0.3, 0.4) is 0 Å². The first-order valence-electron chi connectivity index (χ1n) is 6.54. The zero-order valence-electron chi connectivity index (χ0n) is 11.5. The molecular weight excluding hydrogens is 232 g/mol. The molecule has 1 rings (SSSR count). The molecule has 0 radical (unpaired) electrons. The van der Waals surface area contributed by atoms with Crippen LogP contribution in [-0.2, 0) is 19.1 Å². The number of allylic oxidation sites excluding steroid dienone is 2. The van der Waals surface area contributed by atoms with Crippen molar-refractivity contribution in [1.29, 1.82) is 0 Å². The Bertz CT molecular complexity index is 303. The Morgan fingerprint density at radius 1 is 0.889 bits per heavy atom. The second kappa shape index (κ2) is 6.57. The van der Waals surface area contributed by atoms with E-state index in [1.165, 1.54) is 0 Å². The molecule has 0 saturated heterocycles. The molecule has 0 fully saturated rings. The van der Waals surface area contributed by atoms with Gasteiger partial charge >= 0.3 is 11.9 Å². The Hall–Kier alpha value is -1.32. The van der Waals surface area contributed by atoms with Crippen molar-refractivity contribution in [1.82, 2.24) is 0 Å². The zero-order chi connectivity index (χ0) is 13.7. The summed E-state index contributed by atoms with van der Waals surface area (Å²) in [6.07, 6.45) is 3.95. The molecule has 18 heavy (non-hydrogen) atoms. The number of ether oxygens (including phenoxy) is 2. The third kappa shape index (κ3) is 3.12. The minimum absolute atomic E-state index is 0.00495. The number of hydrogen-bond acceptors (Lipinski definition) is 4. The van der Waals surface area contributed by atoms with Gasteiger partial charge in [0.15, 0.2) is 0 Å². The highest BCUT2D eigenvalue weighted by molar-refractivity contribution is 5.83. The Labute approximate surface area is 108 Å². The van der Waals surface area contributed by atoms with Gasteiger partial charge < -0.3 is 9.47 Å². The second-order valence-electron chi connectivity index (χ2n) is 4.66. The maximum Gasteiger partial charge on any atom is 0.310 e. The number of esters is 2. The van der Waals surface area contributed by atoms with E-state index in [1.807, 2.05) is 26.0 Å². The third-order valence-electron chi connectivity index (χ3n) is 3.36. The summed E-state index contributed by atoms with van der Waals surface area (Å²) in [5, 5.41) is 0. The van der Waals surface area contributed by atoms with E-state index < -0.39 is 11.8 Å². The van der Waals surface area contributed by atoms with Crippen LogP contribution in [0.4, 0.5) is 0 Å². The smallest absolute Gasteiger partial charge is 0.310 e. The average molecular weight is 254 g/mol. The number of carbonyl (C=O) groups is 2. The van der Waals surface area contributed by atoms with Gasteiger partial charge in [-0.05, 0) is 25.7 Å². The van der Waals surface area contributed by atoms with Crippen LogP contribution in [0.1, 0.15) is 27.7 Å². The molecule has 0 spiro atoms. The molecule has 0 N–H and O–H groups in total. The van der Waals surface area contributed by atoms with Gasteiger partial charge in [0.25, 0.3) is 0 Å². The molecule has 4 heteroatoms. The van der Waals surface area contributed by atoms with Crippen molar-refractivity contribution in [2.24, 2.45) is 23.7 Å². The first-order chi connectivity index (χ1) is 8.52. The van der Waals surface area contributed by atoms with Gasteiger partial charge in [0.05, 0.1) is 25.0 Å². The van der Waals surface area contributed by atoms with Gasteiger partial charge in [-0.25, -0.2) is 0 Å². The summed E-state index contributed by atoms with van der Waals surface area (Å²) in [7, 11) is 0. The molecule has 0 aromatic rings. The molecule has 0 heterocycles. The number of hydrogen-bond donors (Lipinski definition) is 0. The van der Waals surface area contributed by atoms with Crippen LogP contribution in [0.5, 0.6) is 0 Å². The molecule has 1 aliphatic rings. The van der Waals surface area contributed by atoms with E-state index in [2.05, 4.69) is 0 Å². The lowest BCUT2D eigenvalue weighted by Gasteiger charge is -2.33. The molecule has 4 atom stereocenters. The fourth-order valence-corrected chi connectivity index (χ4v) is 2.44. The van der Waals surface area contributed by atoms with Gasteiger partial charge in [-0.15, -0.1) is 0 Å². The minimum Gasteiger partial charge on any atom is -0.466 e. The summed E-state index contributed by atoms with van der Waals surface area (Å²) in [4.78, 5) is 24.0. The summed E-state index contributed by atoms with van der Waals surface area (Å²) < 4.78 is 10.2. The number of rotatable bonds is 4. The van der Waals surface area contributed by atoms with E-state index in [4.69, 9.17) is 9.47 Å². The van der Waals surface area contributed by atoms with E-state index in [-0.39, 0.29) is 23.8 Å². The van der Waals surface area contributed by atoms with Crippen molar-refractivity contribution in [2.45, 2.75) is 27.7 Å². The SMILES string of the molecule is CCOC(=O)C1C(C)C=CC(C)C1C(=O)OCC. The van der Waals surface area contributed by atoms with Crippen molar-refractivity contribution < 1.29 is 19.1 Å². The van der Waals surface area contributed by atoms with Gasteiger partial charge in [-0.1, -0.05) is 26.0 Å². The van der Waals surface area contributed by atoms with Gasteiger partial charge in [-0.2, -0.15) is 0 Å². The van der Waals surface area contributed by atoms with E-state index in [1.54, 1.807) is 13.8 Å². The van der Waals surface area contributed by atoms with Crippen LogP contribution < -0.4 is 0 Å². The Balaban J connectivity index is 2.95. The summed E-state index contributed by atoms with van der Waals surface area (Å²) in [5.41, 5.74) is 0. The van der Waals surface area contributed by atoms with Crippen molar-refractivity contribution in [3.05, 3.63) is 12.2 Å². The summed E-state index contributed by atoms with van der Waals surface area (Å²) in [6.45, 7) is 8.05. The van der Waals surface area contributed by atoms with Crippen LogP contribution in [0.2, 0.25) is 0 Å². The van der Waals surface area contributed by atoms with Crippen LogP contribution >= 0.6 is 0 Å². The van der Waals surface area contributed by atoms with Gasteiger partial charge in [-0.3, -0.25) is 9.59 Å². The standard InChI is InChI=1S/C14H22O4/c1-5-17-13(15)11-9(3)7-8-10(4)12(11)14(16)18-6-2/h7-12H,5-6H2,1-4H3. The Morgan fingerprint density at radius 3 is 1.50 bits per heavy atom. The highest BCUT2D eigenvalue weighted by Crippen LogP contribution is 2.35. The van der Waals surface area contributed by atoms with Crippen LogP contribution in [0.25, 0.3) is 0 Å². The maximum absolute atomic E-state index is 12.0. The lowest BCUT2D eigenvalue weighted by Crippen LogP contribution is -2.41. The van der Waals surface area contributed by atoms with Crippen LogP contribution in [-0.4, -0.2) is 25.2 Å². The molecule has 4 nitrogen and oxygen atoms in total. The summed E-state index contributed by atoms with van der Waals surface area (Å²) >= 11 is 0. The van der Waals surface area contributed by atoms with Gasteiger partial charge in [0.1, 0.15) is 0 Å². The third-order valence-corrected chi connectivity index (χ3v) is 3.36. The lowest BCUT2D eigenvalue weighted by atomic mass is 9.71. The molecule has 0 saturated carbocycles. The quantitative estimate of drug-likeness (QED) is 0.570. The molecule has 102 valence electrons. The molecule has 0 aromatic heterocycles. The highest BCUT2D eigenvalue weighted by Gasteiger charge is 2.43. The van der Waals surface area contributed by atoms with Gasteiger partial charge in [0, 0.05) is 0 Å². The van der Waals surface area contributed by atoms with Crippen molar-refractivity contribution in [3.63, 3.8) is 0 Å². The van der Waals surface area contributed by atoms with E-state index in [0.717, 1.165) is 0 Å². The highest BCUT2D eigenvalue weighted by atomic mass is 16.5. The fraction of sp³-hybridized carbons (Fsp3) is 0.714. The second-order valence-corrected chi connectivity index (χ2v) is 4.66. The maximum atomic E-state index is 12.0. The van der Waals surface area contributed by atoms with E-state index >= 15 is 0 Å². The molecule has 0 bridgehead atoms. The van der Waals surface area contributed by atoms with E-state index in [0.29, 0.717) is 13.2 Å². The first-order valence-corrected chi connectivity index (χ1v) is 6.54. The largest absolute Gasteiger partial charge is 0.466 e. The molecule has 0 amide bonds. The predicted octanol–water partition coefficient (Wildman–Crippen LogP) is 2.19. The molecule has 4 unspecified atom stereocenters. The molecule has 0 aromatic carbocycles. The lowest BCUT2D eigenvalue weighted by molar-refractivity contribution is -0.164. The normalized spacial score (nSPS) is 30.9. The molecular formula is C14H22O4. The van der Waals surface area contributed by atoms with Gasteiger partial charge in [0.2, 0.25) is 0 Å².